The number of aromatic nitrogens is 1. The molecule has 0 unspecified atom stereocenters. The minimum atomic E-state index is -0.408. The summed E-state index contributed by atoms with van der Waals surface area (Å²) < 4.78 is 18.8. The molecule has 7 nitrogen and oxygen atoms in total. The van der Waals surface area contributed by atoms with Crippen LogP contribution in [0.2, 0.25) is 0 Å². The van der Waals surface area contributed by atoms with Gasteiger partial charge in [-0.3, -0.25) is 19.3 Å². The van der Waals surface area contributed by atoms with Crippen LogP contribution in [0.5, 0.6) is 0 Å². The van der Waals surface area contributed by atoms with Gasteiger partial charge in [0.2, 0.25) is 0 Å². The van der Waals surface area contributed by atoms with Crippen molar-refractivity contribution in [3.05, 3.63) is 112 Å². The molecule has 0 N–H and O–H groups in total. The maximum atomic E-state index is 13.3. The molecule has 1 aromatic heterocycles. The Morgan fingerprint density at radius 3 is 2.47 bits per heavy atom. The summed E-state index contributed by atoms with van der Waals surface area (Å²) in [6.07, 6.45) is 0.532. The van der Waals surface area contributed by atoms with Crippen molar-refractivity contribution in [1.82, 2.24) is 15.0 Å². The lowest BCUT2D eigenvalue weighted by Gasteiger charge is -2.26. The van der Waals surface area contributed by atoms with Crippen LogP contribution >= 0.6 is 0 Å². The first-order valence-electron chi connectivity index (χ1n) is 11.6. The molecular weight excluding hydrogens is 461 g/mol. The summed E-state index contributed by atoms with van der Waals surface area (Å²) in [5.41, 5.74) is 4.00. The van der Waals surface area contributed by atoms with E-state index in [-0.39, 0.29) is 36.3 Å². The maximum absolute atomic E-state index is 13.3. The van der Waals surface area contributed by atoms with Gasteiger partial charge < -0.3 is 9.42 Å². The number of rotatable bonds is 4. The van der Waals surface area contributed by atoms with E-state index in [4.69, 9.17) is 4.52 Å². The molecule has 36 heavy (non-hydrogen) atoms. The fourth-order valence-electron chi connectivity index (χ4n) is 4.75. The van der Waals surface area contributed by atoms with Gasteiger partial charge in [-0.15, -0.1) is 0 Å². The quantitative estimate of drug-likeness (QED) is 0.402. The van der Waals surface area contributed by atoms with Crippen LogP contribution in [-0.2, 0) is 19.5 Å². The highest BCUT2D eigenvalue weighted by atomic mass is 19.1. The summed E-state index contributed by atoms with van der Waals surface area (Å²) >= 11 is 0. The Labute approximate surface area is 205 Å². The molecule has 4 aromatic rings. The number of halogens is 1. The van der Waals surface area contributed by atoms with Gasteiger partial charge in [0.05, 0.1) is 24.2 Å². The van der Waals surface area contributed by atoms with Crippen LogP contribution in [0.3, 0.4) is 0 Å². The van der Waals surface area contributed by atoms with E-state index in [2.05, 4.69) is 5.16 Å². The van der Waals surface area contributed by atoms with E-state index < -0.39 is 5.91 Å². The van der Waals surface area contributed by atoms with Crippen molar-refractivity contribution in [3.63, 3.8) is 0 Å². The van der Waals surface area contributed by atoms with Crippen LogP contribution in [0.15, 0.2) is 77.3 Å². The van der Waals surface area contributed by atoms with Gasteiger partial charge in [0, 0.05) is 23.2 Å². The number of carbonyl (C=O) groups is 3. The van der Waals surface area contributed by atoms with Gasteiger partial charge in [-0.05, 0) is 54.4 Å². The number of nitrogens with zero attached hydrogens (tertiary/aromatic N) is 3. The molecule has 8 heteroatoms. The van der Waals surface area contributed by atoms with Gasteiger partial charge in [-0.25, -0.2) is 4.39 Å². The van der Waals surface area contributed by atoms with Gasteiger partial charge in [0.25, 0.3) is 17.7 Å². The van der Waals surface area contributed by atoms with E-state index >= 15 is 0 Å². The van der Waals surface area contributed by atoms with Crippen LogP contribution in [0.4, 0.5) is 4.39 Å². The van der Waals surface area contributed by atoms with Crippen molar-refractivity contribution in [1.29, 1.82) is 0 Å². The largest absolute Gasteiger partial charge is 0.356 e. The summed E-state index contributed by atoms with van der Waals surface area (Å²) in [5, 5.41) is 4.14. The first kappa shape index (κ1) is 21.9. The van der Waals surface area contributed by atoms with Crippen LogP contribution in [0.25, 0.3) is 11.3 Å². The minimum Gasteiger partial charge on any atom is -0.356 e. The average Bonchev–Trinajstić information content (AvgIpc) is 3.43. The molecule has 178 valence electrons. The van der Waals surface area contributed by atoms with Crippen LogP contribution < -0.4 is 0 Å². The Bertz CT molecular complexity index is 1510. The first-order valence-corrected chi connectivity index (χ1v) is 11.6. The number of amides is 3. The second kappa shape index (κ2) is 8.57. The molecule has 0 saturated heterocycles. The van der Waals surface area contributed by atoms with E-state index in [9.17, 15) is 18.8 Å². The minimum absolute atomic E-state index is 0.175. The van der Waals surface area contributed by atoms with E-state index in [0.717, 1.165) is 16.7 Å². The summed E-state index contributed by atoms with van der Waals surface area (Å²) in [6.45, 7) is 0.863. The van der Waals surface area contributed by atoms with Crippen molar-refractivity contribution < 1.29 is 23.3 Å². The second-order valence-electron chi connectivity index (χ2n) is 8.86. The topological polar surface area (TPSA) is 83.7 Å². The molecule has 0 radical (unpaired) electrons. The summed E-state index contributed by atoms with van der Waals surface area (Å²) in [5.74, 6) is -0.776. The van der Waals surface area contributed by atoms with Crippen molar-refractivity contribution in [2.45, 2.75) is 19.5 Å². The lowest BCUT2D eigenvalue weighted by Crippen LogP contribution is -2.36. The highest BCUT2D eigenvalue weighted by Crippen LogP contribution is 2.32. The number of fused-ring (bicyclic) bond motifs is 2. The molecule has 2 aliphatic rings. The summed E-state index contributed by atoms with van der Waals surface area (Å²) in [4.78, 5) is 42.0. The SMILES string of the molecule is O=C(c1ccc2c(c1)C(=O)N(Cc1ccccc1)C2=O)N1CCc2c(noc2-c2ccc(F)cc2)C1. The fourth-order valence-corrected chi connectivity index (χ4v) is 4.75. The average molecular weight is 481 g/mol. The Balaban J connectivity index is 1.21. The third-order valence-corrected chi connectivity index (χ3v) is 6.64. The van der Waals surface area contributed by atoms with Crippen LogP contribution in [0, 0.1) is 5.82 Å². The molecule has 3 heterocycles. The Morgan fingerprint density at radius 1 is 0.944 bits per heavy atom. The van der Waals surface area contributed by atoms with Gasteiger partial charge in [0.15, 0.2) is 5.76 Å². The fraction of sp³-hybridized carbons (Fsp3) is 0.143. The molecule has 3 aromatic carbocycles. The van der Waals surface area contributed by atoms with Crippen molar-refractivity contribution in [2.24, 2.45) is 0 Å². The van der Waals surface area contributed by atoms with Crippen molar-refractivity contribution >= 4 is 17.7 Å². The standard InChI is InChI=1S/C28H20FN3O4/c29-20-9-6-18(7-10-20)25-22-12-13-31(16-24(22)30-36-25)26(33)19-8-11-21-23(14-19)28(35)32(27(21)34)15-17-4-2-1-3-5-17/h1-11,14H,12-13,15-16H2. The second-order valence-corrected chi connectivity index (χ2v) is 8.86. The van der Waals surface area contributed by atoms with E-state index in [1.54, 1.807) is 29.2 Å². The van der Waals surface area contributed by atoms with Gasteiger partial charge in [-0.1, -0.05) is 35.5 Å². The third-order valence-electron chi connectivity index (χ3n) is 6.64. The monoisotopic (exact) mass is 481 g/mol. The van der Waals surface area contributed by atoms with Gasteiger partial charge >= 0.3 is 0 Å². The molecule has 0 aliphatic carbocycles. The molecule has 3 amide bonds. The predicted molar refractivity (Wildman–Crippen MR) is 127 cm³/mol. The Hall–Kier alpha value is -4.59. The number of benzene rings is 3. The molecule has 0 saturated carbocycles. The third kappa shape index (κ3) is 3.67. The normalized spacial score (nSPS) is 14.7. The highest BCUT2D eigenvalue weighted by molar-refractivity contribution is 6.22. The lowest BCUT2D eigenvalue weighted by atomic mass is 9.99. The molecule has 0 atom stereocenters. The number of hydrogen-bond acceptors (Lipinski definition) is 5. The molecule has 6 rings (SSSR count). The first-order chi connectivity index (χ1) is 17.5. The number of imide groups is 1. The van der Waals surface area contributed by atoms with Crippen LogP contribution in [0.1, 0.15) is 47.9 Å². The van der Waals surface area contributed by atoms with E-state index in [1.807, 2.05) is 30.3 Å². The van der Waals surface area contributed by atoms with Crippen molar-refractivity contribution in [3.8, 4) is 11.3 Å². The summed E-state index contributed by atoms with van der Waals surface area (Å²) in [6, 6.07) is 19.9. The van der Waals surface area contributed by atoms with Crippen molar-refractivity contribution in [2.75, 3.05) is 6.54 Å². The number of carbonyl (C=O) groups excluding carboxylic acids is 3. The van der Waals surface area contributed by atoms with E-state index in [1.165, 1.54) is 23.1 Å². The molecule has 2 aliphatic heterocycles. The highest BCUT2D eigenvalue weighted by Gasteiger charge is 2.36. The predicted octanol–water partition coefficient (Wildman–Crippen LogP) is 4.48. The maximum Gasteiger partial charge on any atom is 0.261 e. The van der Waals surface area contributed by atoms with E-state index in [0.29, 0.717) is 35.5 Å². The number of hydrogen-bond donors (Lipinski definition) is 0. The molecular formula is C28H20FN3O4. The zero-order valence-corrected chi connectivity index (χ0v) is 19.1. The lowest BCUT2D eigenvalue weighted by molar-refractivity contribution is 0.0641. The Kier molecular flexibility index (Phi) is 5.21. The Morgan fingerprint density at radius 2 is 1.69 bits per heavy atom. The zero-order valence-electron chi connectivity index (χ0n) is 19.1. The molecule has 0 spiro atoms. The molecule has 0 bridgehead atoms. The van der Waals surface area contributed by atoms with Crippen LogP contribution in [-0.4, -0.2) is 39.2 Å². The smallest absolute Gasteiger partial charge is 0.261 e. The summed E-state index contributed by atoms with van der Waals surface area (Å²) in [7, 11) is 0. The molecule has 0 fully saturated rings. The van der Waals surface area contributed by atoms with Gasteiger partial charge in [0.1, 0.15) is 11.5 Å². The zero-order chi connectivity index (χ0) is 24.8. The van der Waals surface area contributed by atoms with Gasteiger partial charge in [-0.2, -0.15) is 0 Å².